The molecule has 0 bridgehead atoms. The summed E-state index contributed by atoms with van der Waals surface area (Å²) in [7, 11) is 0. The second-order valence-corrected chi connectivity index (χ2v) is 6.28. The minimum absolute atomic E-state index is 0.167. The Morgan fingerprint density at radius 2 is 2.14 bits per heavy atom. The van der Waals surface area contributed by atoms with Gasteiger partial charge in [-0.1, -0.05) is 0 Å². The Bertz CT molecular complexity index is 687. The maximum Gasteiger partial charge on any atom is 0.329 e. The molecule has 2 heterocycles. The van der Waals surface area contributed by atoms with E-state index in [-0.39, 0.29) is 12.3 Å². The van der Waals surface area contributed by atoms with Gasteiger partial charge in [0.1, 0.15) is 5.54 Å². The molecule has 21 heavy (non-hydrogen) atoms. The summed E-state index contributed by atoms with van der Waals surface area (Å²) >= 11 is 1.47. The van der Waals surface area contributed by atoms with E-state index in [9.17, 15) is 14.7 Å². The number of thiazole rings is 1. The molecule has 0 aromatic carbocycles. The molecule has 2 aromatic rings. The van der Waals surface area contributed by atoms with Gasteiger partial charge in [0.25, 0.3) is 0 Å². The van der Waals surface area contributed by atoms with E-state index < -0.39 is 11.5 Å². The van der Waals surface area contributed by atoms with Gasteiger partial charge in [-0.2, -0.15) is 0 Å². The van der Waals surface area contributed by atoms with Gasteiger partial charge < -0.3 is 10.0 Å². The Hall–Kier alpha value is -1.89. The molecule has 0 saturated carbocycles. The highest BCUT2D eigenvalue weighted by Gasteiger charge is 2.36. The zero-order chi connectivity index (χ0) is 15.8. The molecule has 0 unspecified atom stereocenters. The summed E-state index contributed by atoms with van der Waals surface area (Å²) in [6.07, 6.45) is 2.05. The van der Waals surface area contributed by atoms with E-state index in [4.69, 9.17) is 0 Å². The van der Waals surface area contributed by atoms with Gasteiger partial charge in [0.05, 0.1) is 12.1 Å². The van der Waals surface area contributed by atoms with Crippen molar-refractivity contribution in [1.29, 1.82) is 0 Å². The van der Waals surface area contributed by atoms with Gasteiger partial charge in [-0.05, 0) is 27.7 Å². The first-order valence-corrected chi connectivity index (χ1v) is 7.61. The number of rotatable bonds is 5. The van der Waals surface area contributed by atoms with Crippen LogP contribution in [0.1, 0.15) is 32.2 Å². The highest BCUT2D eigenvalue weighted by molar-refractivity contribution is 7.15. The van der Waals surface area contributed by atoms with Crippen molar-refractivity contribution in [1.82, 2.24) is 14.3 Å². The molecule has 0 radical (unpaired) electrons. The van der Waals surface area contributed by atoms with Crippen molar-refractivity contribution >= 4 is 28.2 Å². The normalized spacial score (nSPS) is 11.8. The quantitative estimate of drug-likeness (QED) is 0.916. The van der Waals surface area contributed by atoms with Crippen molar-refractivity contribution in [3.8, 4) is 0 Å². The van der Waals surface area contributed by atoms with Crippen LogP contribution in [0.2, 0.25) is 0 Å². The predicted molar refractivity (Wildman–Crippen MR) is 80.6 cm³/mol. The number of amides is 1. The van der Waals surface area contributed by atoms with Crippen LogP contribution in [-0.4, -0.2) is 43.4 Å². The van der Waals surface area contributed by atoms with E-state index >= 15 is 0 Å². The van der Waals surface area contributed by atoms with Crippen LogP contribution in [0.5, 0.6) is 0 Å². The van der Waals surface area contributed by atoms with E-state index in [0.29, 0.717) is 6.54 Å². The predicted octanol–water partition coefficient (Wildman–Crippen LogP) is 1.96. The molecule has 0 aliphatic rings. The molecule has 6 nitrogen and oxygen atoms in total. The first kappa shape index (κ1) is 15.5. The van der Waals surface area contributed by atoms with Gasteiger partial charge >= 0.3 is 5.97 Å². The van der Waals surface area contributed by atoms with E-state index in [1.165, 1.54) is 16.2 Å². The average Bonchev–Trinajstić information content (AvgIpc) is 2.90. The lowest BCUT2D eigenvalue weighted by Gasteiger charge is -2.34. The van der Waals surface area contributed by atoms with Crippen LogP contribution in [-0.2, 0) is 16.0 Å². The molecule has 0 fully saturated rings. The molecular formula is C14H19N3O3S. The lowest BCUT2D eigenvalue weighted by Crippen LogP contribution is -2.53. The molecule has 7 heteroatoms. The Morgan fingerprint density at radius 3 is 2.71 bits per heavy atom. The number of hydrogen-bond donors (Lipinski definition) is 1. The van der Waals surface area contributed by atoms with Crippen LogP contribution in [0.15, 0.2) is 11.6 Å². The van der Waals surface area contributed by atoms with E-state index in [0.717, 1.165) is 16.3 Å². The number of carbonyl (C=O) groups excluding carboxylic acids is 1. The maximum atomic E-state index is 12.5. The van der Waals surface area contributed by atoms with E-state index in [1.807, 2.05) is 22.9 Å². The number of carboxylic acid groups (broad SMARTS) is 1. The monoisotopic (exact) mass is 309 g/mol. The number of carboxylic acids is 1. The van der Waals surface area contributed by atoms with Crippen LogP contribution in [0.25, 0.3) is 4.96 Å². The number of imidazole rings is 1. The molecule has 1 amide bonds. The standard InChI is InChI=1S/C14H19N3O3S/c1-5-17(14(3,4)12(19)20)11(18)6-10-8-21-13-15-9(2)7-16(10)13/h7-8H,5-6H2,1-4H3,(H,19,20). The topological polar surface area (TPSA) is 74.9 Å². The van der Waals surface area contributed by atoms with Crippen LogP contribution in [0.3, 0.4) is 0 Å². The largest absolute Gasteiger partial charge is 0.480 e. The van der Waals surface area contributed by atoms with Crippen molar-refractivity contribution in [3.05, 3.63) is 23.0 Å². The molecule has 2 aromatic heterocycles. The summed E-state index contributed by atoms with van der Waals surface area (Å²) < 4.78 is 1.89. The van der Waals surface area contributed by atoms with Gasteiger partial charge in [-0.15, -0.1) is 11.3 Å². The molecule has 2 rings (SSSR count). The fourth-order valence-electron chi connectivity index (χ4n) is 2.32. The highest BCUT2D eigenvalue weighted by atomic mass is 32.1. The van der Waals surface area contributed by atoms with Crippen molar-refractivity contribution in [3.63, 3.8) is 0 Å². The maximum absolute atomic E-state index is 12.5. The third-order valence-electron chi connectivity index (χ3n) is 3.55. The van der Waals surface area contributed by atoms with Gasteiger partial charge in [-0.3, -0.25) is 9.20 Å². The lowest BCUT2D eigenvalue weighted by molar-refractivity contribution is -0.156. The number of hydrogen-bond acceptors (Lipinski definition) is 4. The number of aryl methyl sites for hydroxylation is 1. The molecular weight excluding hydrogens is 290 g/mol. The lowest BCUT2D eigenvalue weighted by atomic mass is 10.0. The SMILES string of the molecule is CCN(C(=O)Cc1csc2nc(C)cn12)C(C)(C)C(=O)O. The number of nitrogens with zero attached hydrogens (tertiary/aromatic N) is 3. The third-order valence-corrected chi connectivity index (χ3v) is 4.44. The second kappa shape index (κ2) is 5.48. The summed E-state index contributed by atoms with van der Waals surface area (Å²) in [5, 5.41) is 11.2. The van der Waals surface area contributed by atoms with Crippen LogP contribution >= 0.6 is 11.3 Å². The van der Waals surface area contributed by atoms with Gasteiger partial charge in [0, 0.05) is 23.8 Å². The molecule has 114 valence electrons. The Kier molecular flexibility index (Phi) is 4.04. The van der Waals surface area contributed by atoms with E-state index in [1.54, 1.807) is 20.8 Å². The Balaban J connectivity index is 2.25. The summed E-state index contributed by atoms with van der Waals surface area (Å²) in [5.74, 6) is -1.21. The molecule has 1 N–H and O–H groups in total. The fourth-order valence-corrected chi connectivity index (χ4v) is 3.24. The van der Waals surface area contributed by atoms with Crippen molar-refractivity contribution < 1.29 is 14.7 Å². The van der Waals surface area contributed by atoms with Crippen LogP contribution < -0.4 is 0 Å². The van der Waals surface area contributed by atoms with Gasteiger partial charge in [-0.25, -0.2) is 9.78 Å². The number of fused-ring (bicyclic) bond motifs is 1. The molecule has 0 atom stereocenters. The number of likely N-dealkylation sites (N-methyl/N-ethyl adjacent to an activating group) is 1. The second-order valence-electron chi connectivity index (χ2n) is 5.44. The summed E-state index contributed by atoms with van der Waals surface area (Å²) in [6.45, 7) is 7.13. The molecule has 0 saturated heterocycles. The Morgan fingerprint density at radius 1 is 1.48 bits per heavy atom. The number of carbonyl (C=O) groups is 2. The zero-order valence-corrected chi connectivity index (χ0v) is 13.4. The summed E-state index contributed by atoms with van der Waals surface area (Å²) in [5.41, 5.74) is 0.514. The van der Waals surface area contributed by atoms with Gasteiger partial charge in [0.15, 0.2) is 4.96 Å². The fraction of sp³-hybridized carbons (Fsp3) is 0.500. The van der Waals surface area contributed by atoms with Crippen LogP contribution in [0, 0.1) is 6.92 Å². The average molecular weight is 309 g/mol. The number of aliphatic carboxylic acids is 1. The van der Waals surface area contributed by atoms with Gasteiger partial charge in [0.2, 0.25) is 5.91 Å². The highest BCUT2D eigenvalue weighted by Crippen LogP contribution is 2.20. The van der Waals surface area contributed by atoms with E-state index in [2.05, 4.69) is 4.98 Å². The minimum atomic E-state index is -1.22. The number of aromatic nitrogens is 2. The molecule has 0 aliphatic carbocycles. The Labute approximate surface area is 127 Å². The molecule has 0 aliphatic heterocycles. The van der Waals surface area contributed by atoms with Crippen molar-refractivity contribution in [2.75, 3.05) is 6.54 Å². The first-order valence-electron chi connectivity index (χ1n) is 6.73. The summed E-state index contributed by atoms with van der Waals surface area (Å²) in [6, 6.07) is 0. The summed E-state index contributed by atoms with van der Waals surface area (Å²) in [4.78, 5) is 30.4. The minimum Gasteiger partial charge on any atom is -0.480 e. The van der Waals surface area contributed by atoms with Crippen molar-refractivity contribution in [2.45, 2.75) is 39.7 Å². The smallest absolute Gasteiger partial charge is 0.329 e. The van der Waals surface area contributed by atoms with Crippen molar-refractivity contribution in [2.24, 2.45) is 0 Å². The third kappa shape index (κ3) is 2.78. The van der Waals surface area contributed by atoms with Crippen LogP contribution in [0.4, 0.5) is 0 Å². The molecule has 0 spiro atoms. The first-order chi connectivity index (χ1) is 9.77. The zero-order valence-electron chi connectivity index (χ0n) is 12.6.